The molecule has 0 aromatic heterocycles. The van der Waals surface area contributed by atoms with Crippen LogP contribution in [-0.2, 0) is 0 Å². The highest BCUT2D eigenvalue weighted by molar-refractivity contribution is 7.80. The normalized spacial score (nSPS) is 12.9. The standard InChI is InChI=1S/C11H17NS/c1-8-4-5-9(2)10(6-8)11(7-13)12-3/h4-6,11-13H,7H2,1-3H3. The van der Waals surface area contributed by atoms with Gasteiger partial charge in [-0.2, -0.15) is 12.6 Å². The smallest absolute Gasteiger partial charge is 0.0409 e. The van der Waals surface area contributed by atoms with E-state index in [-0.39, 0.29) is 0 Å². The van der Waals surface area contributed by atoms with E-state index in [0.29, 0.717) is 6.04 Å². The summed E-state index contributed by atoms with van der Waals surface area (Å²) in [5.41, 5.74) is 4.00. The molecule has 1 atom stereocenters. The Morgan fingerprint density at radius 2 is 2.08 bits per heavy atom. The molecule has 1 nitrogen and oxygen atoms in total. The molecule has 0 saturated carbocycles. The quantitative estimate of drug-likeness (QED) is 0.706. The van der Waals surface area contributed by atoms with Gasteiger partial charge in [-0.25, -0.2) is 0 Å². The van der Waals surface area contributed by atoms with E-state index < -0.39 is 0 Å². The van der Waals surface area contributed by atoms with Crippen LogP contribution in [0.3, 0.4) is 0 Å². The second-order valence-corrected chi connectivity index (χ2v) is 3.75. The molecule has 72 valence electrons. The summed E-state index contributed by atoms with van der Waals surface area (Å²) in [6.07, 6.45) is 0. The minimum atomic E-state index is 0.364. The molecule has 0 bridgehead atoms. The van der Waals surface area contributed by atoms with Crippen molar-refractivity contribution in [3.8, 4) is 0 Å². The number of nitrogens with one attached hydrogen (secondary N) is 1. The van der Waals surface area contributed by atoms with Crippen LogP contribution in [0.15, 0.2) is 18.2 Å². The Balaban J connectivity index is 3.03. The van der Waals surface area contributed by atoms with Crippen molar-refractivity contribution in [1.29, 1.82) is 0 Å². The van der Waals surface area contributed by atoms with Crippen LogP contribution in [0.5, 0.6) is 0 Å². The molecule has 0 saturated heterocycles. The van der Waals surface area contributed by atoms with Crippen molar-refractivity contribution in [2.24, 2.45) is 0 Å². The molecular formula is C11H17NS. The average molecular weight is 195 g/mol. The van der Waals surface area contributed by atoms with Crippen molar-refractivity contribution in [2.45, 2.75) is 19.9 Å². The maximum Gasteiger partial charge on any atom is 0.0409 e. The first-order valence-electron chi connectivity index (χ1n) is 4.54. The SMILES string of the molecule is CNC(CS)c1cc(C)ccc1C. The minimum absolute atomic E-state index is 0.364. The van der Waals surface area contributed by atoms with Crippen LogP contribution in [0.25, 0.3) is 0 Å². The zero-order valence-electron chi connectivity index (χ0n) is 8.46. The maximum atomic E-state index is 4.33. The lowest BCUT2D eigenvalue weighted by Crippen LogP contribution is -2.18. The molecule has 1 N–H and O–H groups in total. The first kappa shape index (κ1) is 10.6. The predicted molar refractivity (Wildman–Crippen MR) is 61.6 cm³/mol. The lowest BCUT2D eigenvalue weighted by Gasteiger charge is -2.16. The monoisotopic (exact) mass is 195 g/mol. The Morgan fingerprint density at radius 1 is 1.38 bits per heavy atom. The molecule has 0 aliphatic rings. The van der Waals surface area contributed by atoms with Crippen molar-refractivity contribution >= 4 is 12.6 Å². The zero-order chi connectivity index (χ0) is 9.84. The summed E-state index contributed by atoms with van der Waals surface area (Å²) in [5.74, 6) is 0.834. The Kier molecular flexibility index (Phi) is 3.82. The number of thiol groups is 1. The topological polar surface area (TPSA) is 12.0 Å². The molecule has 2 heteroatoms. The molecule has 1 aromatic carbocycles. The summed E-state index contributed by atoms with van der Waals surface area (Å²) in [6.45, 7) is 4.26. The molecule has 13 heavy (non-hydrogen) atoms. The fourth-order valence-electron chi connectivity index (χ4n) is 1.48. The molecule has 1 rings (SSSR count). The van der Waals surface area contributed by atoms with Gasteiger partial charge >= 0.3 is 0 Å². The van der Waals surface area contributed by atoms with E-state index in [1.807, 2.05) is 7.05 Å². The fraction of sp³-hybridized carbons (Fsp3) is 0.455. The lowest BCUT2D eigenvalue weighted by atomic mass is 10.0. The third-order valence-corrected chi connectivity index (χ3v) is 2.71. The van der Waals surface area contributed by atoms with Crippen molar-refractivity contribution in [3.63, 3.8) is 0 Å². The van der Waals surface area contributed by atoms with Gasteiger partial charge in [0.25, 0.3) is 0 Å². The van der Waals surface area contributed by atoms with E-state index in [1.54, 1.807) is 0 Å². The minimum Gasteiger partial charge on any atom is -0.312 e. The number of rotatable bonds is 3. The van der Waals surface area contributed by atoms with Crippen LogP contribution >= 0.6 is 12.6 Å². The van der Waals surface area contributed by atoms with Crippen molar-refractivity contribution < 1.29 is 0 Å². The molecule has 0 radical (unpaired) electrons. The Hall–Kier alpha value is -0.470. The Morgan fingerprint density at radius 3 is 2.62 bits per heavy atom. The van der Waals surface area contributed by atoms with Gasteiger partial charge in [0, 0.05) is 11.8 Å². The fourth-order valence-corrected chi connectivity index (χ4v) is 1.86. The molecule has 0 fully saturated rings. The van der Waals surface area contributed by atoms with Crippen LogP contribution in [0.4, 0.5) is 0 Å². The van der Waals surface area contributed by atoms with Gasteiger partial charge in [-0.05, 0) is 32.0 Å². The number of aryl methyl sites for hydroxylation is 2. The largest absolute Gasteiger partial charge is 0.312 e. The highest BCUT2D eigenvalue weighted by Gasteiger charge is 2.09. The van der Waals surface area contributed by atoms with Crippen LogP contribution in [0, 0.1) is 13.8 Å². The van der Waals surface area contributed by atoms with Gasteiger partial charge in [0.2, 0.25) is 0 Å². The molecular weight excluding hydrogens is 178 g/mol. The Bertz CT molecular complexity index is 279. The van der Waals surface area contributed by atoms with Crippen molar-refractivity contribution in [2.75, 3.05) is 12.8 Å². The number of hydrogen-bond donors (Lipinski definition) is 2. The van der Waals surface area contributed by atoms with Crippen LogP contribution in [0.2, 0.25) is 0 Å². The van der Waals surface area contributed by atoms with Gasteiger partial charge in [-0.15, -0.1) is 0 Å². The maximum absolute atomic E-state index is 4.33. The lowest BCUT2D eigenvalue weighted by molar-refractivity contribution is 0.659. The van der Waals surface area contributed by atoms with Gasteiger partial charge in [0.05, 0.1) is 0 Å². The second-order valence-electron chi connectivity index (χ2n) is 3.38. The van der Waals surface area contributed by atoms with Gasteiger partial charge in [0.15, 0.2) is 0 Å². The van der Waals surface area contributed by atoms with E-state index in [9.17, 15) is 0 Å². The van der Waals surface area contributed by atoms with Gasteiger partial charge < -0.3 is 5.32 Å². The molecule has 0 spiro atoms. The molecule has 0 heterocycles. The zero-order valence-corrected chi connectivity index (χ0v) is 9.36. The van der Waals surface area contributed by atoms with E-state index in [1.165, 1.54) is 16.7 Å². The predicted octanol–water partition coefficient (Wildman–Crippen LogP) is 2.49. The summed E-state index contributed by atoms with van der Waals surface area (Å²) in [4.78, 5) is 0. The van der Waals surface area contributed by atoms with E-state index >= 15 is 0 Å². The number of benzene rings is 1. The summed E-state index contributed by atoms with van der Waals surface area (Å²) in [7, 11) is 1.97. The molecule has 0 aliphatic carbocycles. The summed E-state index contributed by atoms with van der Waals surface area (Å²) in [6, 6.07) is 6.90. The molecule has 0 aliphatic heterocycles. The Labute approximate surface area is 86.0 Å². The highest BCUT2D eigenvalue weighted by atomic mass is 32.1. The third-order valence-electron chi connectivity index (χ3n) is 2.34. The van der Waals surface area contributed by atoms with Crippen molar-refractivity contribution in [1.82, 2.24) is 5.32 Å². The van der Waals surface area contributed by atoms with Gasteiger partial charge in [-0.1, -0.05) is 23.8 Å². The van der Waals surface area contributed by atoms with Crippen LogP contribution in [0.1, 0.15) is 22.7 Å². The van der Waals surface area contributed by atoms with Crippen LogP contribution < -0.4 is 5.32 Å². The van der Waals surface area contributed by atoms with Gasteiger partial charge in [0.1, 0.15) is 0 Å². The molecule has 1 aromatic rings. The summed E-state index contributed by atoms with van der Waals surface area (Å²) in [5, 5.41) is 3.26. The van der Waals surface area contributed by atoms with Crippen molar-refractivity contribution in [3.05, 3.63) is 34.9 Å². The third kappa shape index (κ3) is 2.48. The highest BCUT2D eigenvalue weighted by Crippen LogP contribution is 2.19. The summed E-state index contributed by atoms with van der Waals surface area (Å²) < 4.78 is 0. The summed E-state index contributed by atoms with van der Waals surface area (Å²) >= 11 is 4.33. The first-order chi connectivity index (χ1) is 6.19. The molecule has 0 amide bonds. The number of hydrogen-bond acceptors (Lipinski definition) is 2. The van der Waals surface area contributed by atoms with Gasteiger partial charge in [-0.3, -0.25) is 0 Å². The molecule has 1 unspecified atom stereocenters. The van der Waals surface area contributed by atoms with Crippen LogP contribution in [-0.4, -0.2) is 12.8 Å². The second kappa shape index (κ2) is 4.68. The first-order valence-corrected chi connectivity index (χ1v) is 5.17. The van der Waals surface area contributed by atoms with E-state index in [4.69, 9.17) is 0 Å². The van der Waals surface area contributed by atoms with E-state index in [0.717, 1.165) is 5.75 Å². The van der Waals surface area contributed by atoms with E-state index in [2.05, 4.69) is 50.0 Å². The average Bonchev–Trinajstić information content (AvgIpc) is 2.13.